The van der Waals surface area contributed by atoms with Gasteiger partial charge in [-0.25, -0.2) is 0 Å². The van der Waals surface area contributed by atoms with E-state index in [1.807, 2.05) is 75.4 Å². The summed E-state index contributed by atoms with van der Waals surface area (Å²) in [6.07, 6.45) is 0.583. The average Bonchev–Trinajstić information content (AvgIpc) is 2.58. The van der Waals surface area contributed by atoms with Gasteiger partial charge in [0.1, 0.15) is 17.4 Å². The molecule has 0 aliphatic heterocycles. The summed E-state index contributed by atoms with van der Waals surface area (Å²) in [6, 6.07) is 17.4. The van der Waals surface area contributed by atoms with Gasteiger partial charge in [0, 0.05) is 6.54 Å². The first-order valence-corrected chi connectivity index (χ1v) is 8.50. The van der Waals surface area contributed by atoms with E-state index in [2.05, 4.69) is 5.32 Å². The topological polar surface area (TPSA) is 47.6 Å². The molecule has 25 heavy (non-hydrogen) atoms. The number of nitrogens with one attached hydrogen (secondary N) is 1. The quantitative estimate of drug-likeness (QED) is 0.780. The predicted molar refractivity (Wildman–Crippen MR) is 99.6 cm³/mol. The molecule has 0 saturated heterocycles. The Bertz CT molecular complexity index is 677. The van der Waals surface area contributed by atoms with Crippen molar-refractivity contribution in [2.75, 3.05) is 7.11 Å². The van der Waals surface area contributed by atoms with E-state index in [1.54, 1.807) is 7.11 Å². The minimum absolute atomic E-state index is 0.237. The third-order valence-corrected chi connectivity index (χ3v) is 3.66. The summed E-state index contributed by atoms with van der Waals surface area (Å²) in [6.45, 7) is 6.21. The highest BCUT2D eigenvalue weighted by Gasteiger charge is 2.25. The molecule has 4 nitrogen and oxygen atoms in total. The van der Waals surface area contributed by atoms with E-state index in [0.29, 0.717) is 13.0 Å². The molecule has 2 rings (SSSR count). The molecule has 0 aromatic heterocycles. The van der Waals surface area contributed by atoms with Crippen molar-refractivity contribution in [3.63, 3.8) is 0 Å². The molecule has 4 heteroatoms. The average molecular weight is 341 g/mol. The Morgan fingerprint density at radius 2 is 1.72 bits per heavy atom. The maximum atomic E-state index is 12.6. The van der Waals surface area contributed by atoms with Crippen LogP contribution in [0.5, 0.6) is 5.75 Å². The second-order valence-corrected chi connectivity index (χ2v) is 7.01. The fraction of sp³-hybridized carbons (Fsp3) is 0.381. The van der Waals surface area contributed by atoms with Gasteiger partial charge in [-0.05, 0) is 50.5 Å². The van der Waals surface area contributed by atoms with Crippen LogP contribution in [-0.4, -0.2) is 24.7 Å². The van der Waals surface area contributed by atoms with E-state index in [9.17, 15) is 4.79 Å². The molecule has 1 atom stereocenters. The van der Waals surface area contributed by atoms with Crippen molar-refractivity contribution in [1.82, 2.24) is 5.32 Å². The number of hydrogen-bond donors (Lipinski definition) is 1. The van der Waals surface area contributed by atoms with Crippen LogP contribution in [0.15, 0.2) is 54.6 Å². The Labute approximate surface area is 150 Å². The highest BCUT2D eigenvalue weighted by Crippen LogP contribution is 2.14. The van der Waals surface area contributed by atoms with Crippen LogP contribution in [0, 0.1) is 0 Å². The fourth-order valence-corrected chi connectivity index (χ4v) is 2.49. The Kier molecular flexibility index (Phi) is 6.59. The molecule has 2 aromatic carbocycles. The minimum Gasteiger partial charge on any atom is -0.497 e. The van der Waals surface area contributed by atoms with Crippen molar-refractivity contribution in [3.8, 4) is 5.75 Å². The molecule has 0 radical (unpaired) electrons. The highest BCUT2D eigenvalue weighted by atomic mass is 16.6. The molecule has 0 fully saturated rings. The summed E-state index contributed by atoms with van der Waals surface area (Å²) in [5, 5.41) is 3.33. The fourth-order valence-electron chi connectivity index (χ4n) is 2.49. The smallest absolute Gasteiger partial charge is 0.324 e. The van der Waals surface area contributed by atoms with Gasteiger partial charge in [-0.2, -0.15) is 0 Å². The molecular formula is C21H27NO3. The van der Waals surface area contributed by atoms with Crippen molar-refractivity contribution in [1.29, 1.82) is 0 Å². The lowest BCUT2D eigenvalue weighted by Crippen LogP contribution is -2.42. The lowest BCUT2D eigenvalue weighted by Gasteiger charge is -2.25. The molecule has 0 amide bonds. The zero-order valence-electron chi connectivity index (χ0n) is 15.4. The first-order chi connectivity index (χ1) is 11.9. The molecule has 134 valence electrons. The third-order valence-electron chi connectivity index (χ3n) is 3.66. The van der Waals surface area contributed by atoms with Gasteiger partial charge in [0.2, 0.25) is 0 Å². The van der Waals surface area contributed by atoms with Gasteiger partial charge in [0.25, 0.3) is 0 Å². The number of hydrogen-bond acceptors (Lipinski definition) is 4. The molecule has 1 N–H and O–H groups in total. The molecule has 0 aliphatic carbocycles. The van der Waals surface area contributed by atoms with Crippen LogP contribution >= 0.6 is 0 Å². The number of carbonyl (C=O) groups excluding carboxylic acids is 1. The van der Waals surface area contributed by atoms with Gasteiger partial charge in [-0.15, -0.1) is 0 Å². The standard InChI is InChI=1S/C21H27NO3/c1-21(2,3)25-20(23)19(14-16-9-6-5-7-10-16)22-15-17-11-8-12-18(13-17)24-4/h5-13,19,22H,14-15H2,1-4H3/t19-/m0/s1. The normalized spacial score (nSPS) is 12.5. The van der Waals surface area contributed by atoms with Crippen LogP contribution in [0.1, 0.15) is 31.9 Å². The van der Waals surface area contributed by atoms with E-state index in [4.69, 9.17) is 9.47 Å². The van der Waals surface area contributed by atoms with Crippen LogP contribution in [0.25, 0.3) is 0 Å². The first-order valence-electron chi connectivity index (χ1n) is 8.50. The molecule has 0 aliphatic rings. The number of rotatable bonds is 7. The molecule has 0 spiro atoms. The summed E-state index contributed by atoms with van der Waals surface area (Å²) in [7, 11) is 1.64. The maximum absolute atomic E-state index is 12.6. The highest BCUT2D eigenvalue weighted by molar-refractivity contribution is 5.76. The Morgan fingerprint density at radius 1 is 1.04 bits per heavy atom. The Balaban J connectivity index is 2.08. The Hall–Kier alpha value is -2.33. The van der Waals surface area contributed by atoms with E-state index in [0.717, 1.165) is 16.9 Å². The molecule has 0 saturated carbocycles. The van der Waals surface area contributed by atoms with E-state index < -0.39 is 11.6 Å². The van der Waals surface area contributed by atoms with Crippen LogP contribution in [0.3, 0.4) is 0 Å². The minimum atomic E-state index is -0.510. The van der Waals surface area contributed by atoms with Gasteiger partial charge >= 0.3 is 5.97 Å². The van der Waals surface area contributed by atoms with Crippen molar-refractivity contribution in [3.05, 3.63) is 65.7 Å². The van der Waals surface area contributed by atoms with Gasteiger partial charge in [-0.1, -0.05) is 42.5 Å². The molecule has 0 heterocycles. The van der Waals surface area contributed by atoms with Crippen molar-refractivity contribution < 1.29 is 14.3 Å². The third kappa shape index (κ3) is 6.59. The van der Waals surface area contributed by atoms with E-state index in [-0.39, 0.29) is 5.97 Å². The summed E-state index contributed by atoms with van der Waals surface area (Å²) < 4.78 is 10.8. The SMILES string of the molecule is COc1cccc(CN[C@@H](Cc2ccccc2)C(=O)OC(C)(C)C)c1. The zero-order valence-corrected chi connectivity index (χ0v) is 15.4. The number of carbonyl (C=O) groups is 1. The molecule has 0 bridgehead atoms. The number of benzene rings is 2. The molecular weight excluding hydrogens is 314 g/mol. The molecule has 2 aromatic rings. The second kappa shape index (κ2) is 8.67. The lowest BCUT2D eigenvalue weighted by atomic mass is 10.0. The maximum Gasteiger partial charge on any atom is 0.324 e. The van der Waals surface area contributed by atoms with Gasteiger partial charge in [0.05, 0.1) is 7.11 Å². The first kappa shape index (κ1) is 19.0. The lowest BCUT2D eigenvalue weighted by molar-refractivity contribution is -0.157. The summed E-state index contributed by atoms with van der Waals surface area (Å²) in [4.78, 5) is 12.6. The van der Waals surface area contributed by atoms with E-state index in [1.165, 1.54) is 0 Å². The Morgan fingerprint density at radius 3 is 2.36 bits per heavy atom. The number of methoxy groups -OCH3 is 1. The largest absolute Gasteiger partial charge is 0.497 e. The van der Waals surface area contributed by atoms with Gasteiger partial charge in [-0.3, -0.25) is 4.79 Å². The van der Waals surface area contributed by atoms with Crippen LogP contribution in [0.4, 0.5) is 0 Å². The van der Waals surface area contributed by atoms with Gasteiger partial charge in [0.15, 0.2) is 0 Å². The second-order valence-electron chi connectivity index (χ2n) is 7.01. The number of esters is 1. The zero-order chi connectivity index (χ0) is 18.3. The summed E-state index contributed by atoms with van der Waals surface area (Å²) >= 11 is 0. The van der Waals surface area contributed by atoms with Crippen LogP contribution in [-0.2, 0) is 22.5 Å². The predicted octanol–water partition coefficient (Wildman–Crippen LogP) is 3.74. The van der Waals surface area contributed by atoms with Crippen LogP contribution in [0.2, 0.25) is 0 Å². The van der Waals surface area contributed by atoms with Gasteiger partial charge < -0.3 is 14.8 Å². The van der Waals surface area contributed by atoms with Crippen LogP contribution < -0.4 is 10.1 Å². The van der Waals surface area contributed by atoms with E-state index >= 15 is 0 Å². The van der Waals surface area contributed by atoms with Crippen molar-refractivity contribution in [2.45, 2.75) is 45.4 Å². The van der Waals surface area contributed by atoms with Crippen molar-refractivity contribution in [2.24, 2.45) is 0 Å². The monoisotopic (exact) mass is 341 g/mol. The summed E-state index contributed by atoms with van der Waals surface area (Å²) in [5.74, 6) is 0.565. The number of ether oxygens (including phenoxy) is 2. The summed E-state index contributed by atoms with van der Waals surface area (Å²) in [5.41, 5.74) is 1.64. The molecule has 0 unspecified atom stereocenters. The van der Waals surface area contributed by atoms with Crippen molar-refractivity contribution >= 4 is 5.97 Å².